The summed E-state index contributed by atoms with van der Waals surface area (Å²) in [6.45, 7) is 2.59. The molecule has 0 amide bonds. The van der Waals surface area contributed by atoms with Gasteiger partial charge in [-0.15, -0.1) is 0 Å². The Bertz CT molecular complexity index is 696. The minimum Gasteiger partial charge on any atom is -0.370 e. The number of hydrogen-bond donors (Lipinski definition) is 1. The van der Waals surface area contributed by atoms with E-state index in [2.05, 4.69) is 27.0 Å². The van der Waals surface area contributed by atoms with Crippen LogP contribution in [0.2, 0.25) is 0 Å². The van der Waals surface area contributed by atoms with Gasteiger partial charge in [-0.05, 0) is 43.7 Å². The van der Waals surface area contributed by atoms with Crippen molar-refractivity contribution in [2.75, 3.05) is 13.2 Å². The van der Waals surface area contributed by atoms with Crippen molar-refractivity contribution < 1.29 is 4.74 Å². The molecule has 0 aromatic carbocycles. The Hall–Kier alpha value is -1.72. The Morgan fingerprint density at radius 1 is 1.29 bits per heavy atom. The predicted octanol–water partition coefficient (Wildman–Crippen LogP) is 2.56. The van der Waals surface area contributed by atoms with Crippen molar-refractivity contribution in [1.82, 2.24) is 19.9 Å². The number of aromatic nitrogens is 3. The van der Waals surface area contributed by atoms with Crippen molar-refractivity contribution in [3.05, 3.63) is 47.3 Å². The number of ether oxygens (including phenoxy) is 1. The molecular formula is C19H26N4O. The van der Waals surface area contributed by atoms with Gasteiger partial charge in [0.2, 0.25) is 0 Å². The van der Waals surface area contributed by atoms with Crippen molar-refractivity contribution in [2.24, 2.45) is 13.0 Å². The molecule has 5 nitrogen and oxygen atoms in total. The second-order valence-corrected chi connectivity index (χ2v) is 6.98. The molecule has 0 bridgehead atoms. The molecular weight excluding hydrogens is 300 g/mol. The van der Waals surface area contributed by atoms with Crippen LogP contribution in [0.25, 0.3) is 0 Å². The summed E-state index contributed by atoms with van der Waals surface area (Å²) in [5.74, 6) is 1.51. The van der Waals surface area contributed by atoms with Crippen LogP contribution in [0.4, 0.5) is 0 Å². The Morgan fingerprint density at radius 3 is 3.08 bits per heavy atom. The van der Waals surface area contributed by atoms with Gasteiger partial charge in [-0.1, -0.05) is 6.07 Å². The van der Waals surface area contributed by atoms with Crippen LogP contribution >= 0.6 is 0 Å². The third-order valence-electron chi connectivity index (χ3n) is 5.28. The van der Waals surface area contributed by atoms with Crippen molar-refractivity contribution in [2.45, 2.75) is 44.8 Å². The van der Waals surface area contributed by atoms with E-state index in [1.165, 1.54) is 30.5 Å². The van der Waals surface area contributed by atoms with Crippen LogP contribution in [0.1, 0.15) is 48.1 Å². The normalized spacial score (nSPS) is 23.4. The fraction of sp³-hybridized carbons (Fsp3) is 0.579. The van der Waals surface area contributed by atoms with E-state index < -0.39 is 0 Å². The summed E-state index contributed by atoms with van der Waals surface area (Å²) in [6, 6.07) is 4.45. The molecule has 1 N–H and O–H groups in total. The summed E-state index contributed by atoms with van der Waals surface area (Å²) in [5, 5.41) is 3.58. The highest BCUT2D eigenvalue weighted by Crippen LogP contribution is 2.32. The monoisotopic (exact) mass is 326 g/mol. The molecule has 1 aliphatic heterocycles. The first-order valence-electron chi connectivity index (χ1n) is 9.08. The Balaban J connectivity index is 1.34. The SMILES string of the molecule is Cn1ccnc1[C@@H]1OCC[C@H]1CNCc1ccc2c(n1)CCCC2. The van der Waals surface area contributed by atoms with E-state index in [1.807, 2.05) is 19.4 Å². The first-order valence-corrected chi connectivity index (χ1v) is 9.08. The minimum atomic E-state index is 0.106. The zero-order valence-electron chi connectivity index (χ0n) is 14.4. The number of nitrogens with zero attached hydrogens (tertiary/aromatic N) is 3. The van der Waals surface area contributed by atoms with Crippen LogP contribution in [0.3, 0.4) is 0 Å². The van der Waals surface area contributed by atoms with Crippen molar-refractivity contribution >= 4 is 0 Å². The molecule has 5 heteroatoms. The molecule has 2 atom stereocenters. The van der Waals surface area contributed by atoms with Gasteiger partial charge >= 0.3 is 0 Å². The standard InChI is InChI=1S/C19H26N4O/c1-23-10-9-21-19(23)18-15(8-11-24-18)12-20-13-16-7-6-14-4-2-3-5-17(14)22-16/h6-7,9-10,15,18,20H,2-5,8,11-13H2,1H3/t15-,18+/m0/s1. The summed E-state index contributed by atoms with van der Waals surface area (Å²) >= 11 is 0. The van der Waals surface area contributed by atoms with E-state index in [1.54, 1.807) is 0 Å². The lowest BCUT2D eigenvalue weighted by atomic mass is 9.96. The first-order chi connectivity index (χ1) is 11.8. The molecule has 2 aromatic heterocycles. The zero-order chi connectivity index (χ0) is 16.4. The number of pyridine rings is 1. The molecule has 1 saturated heterocycles. The van der Waals surface area contributed by atoms with E-state index in [0.29, 0.717) is 5.92 Å². The number of imidazole rings is 1. The van der Waals surface area contributed by atoms with Crippen molar-refractivity contribution in [3.8, 4) is 0 Å². The summed E-state index contributed by atoms with van der Waals surface area (Å²) in [7, 11) is 2.03. The maximum atomic E-state index is 5.93. The molecule has 4 rings (SSSR count). The minimum absolute atomic E-state index is 0.106. The van der Waals surface area contributed by atoms with Gasteiger partial charge in [0.25, 0.3) is 0 Å². The molecule has 128 valence electrons. The summed E-state index contributed by atoms with van der Waals surface area (Å²) in [6.07, 6.45) is 9.94. The zero-order valence-corrected chi connectivity index (χ0v) is 14.4. The number of rotatable bonds is 5. The van der Waals surface area contributed by atoms with E-state index >= 15 is 0 Å². The lowest BCUT2D eigenvalue weighted by molar-refractivity contribution is 0.0810. The summed E-state index contributed by atoms with van der Waals surface area (Å²) < 4.78 is 7.99. The topological polar surface area (TPSA) is 52.0 Å². The average Bonchev–Trinajstić information content (AvgIpc) is 3.23. The van der Waals surface area contributed by atoms with Gasteiger partial charge in [-0.2, -0.15) is 0 Å². The van der Waals surface area contributed by atoms with Crippen LogP contribution in [-0.4, -0.2) is 27.7 Å². The second kappa shape index (κ2) is 7.03. The Morgan fingerprint density at radius 2 is 2.21 bits per heavy atom. The lowest BCUT2D eigenvalue weighted by Crippen LogP contribution is -2.26. The molecule has 0 spiro atoms. The fourth-order valence-electron chi connectivity index (χ4n) is 3.89. The highest BCUT2D eigenvalue weighted by Gasteiger charge is 2.31. The second-order valence-electron chi connectivity index (χ2n) is 6.98. The maximum Gasteiger partial charge on any atom is 0.137 e. The Kier molecular flexibility index (Phi) is 4.63. The molecule has 24 heavy (non-hydrogen) atoms. The molecule has 2 aromatic rings. The quantitative estimate of drug-likeness (QED) is 0.917. The van der Waals surface area contributed by atoms with E-state index in [-0.39, 0.29) is 6.10 Å². The van der Waals surface area contributed by atoms with Crippen molar-refractivity contribution in [3.63, 3.8) is 0 Å². The number of nitrogens with one attached hydrogen (secondary N) is 1. The molecule has 1 fully saturated rings. The third kappa shape index (κ3) is 3.23. The first kappa shape index (κ1) is 15.8. The number of hydrogen-bond acceptors (Lipinski definition) is 4. The van der Waals surface area contributed by atoms with E-state index in [4.69, 9.17) is 9.72 Å². The molecule has 2 aliphatic rings. The van der Waals surface area contributed by atoms with Crippen LogP contribution in [0.15, 0.2) is 24.5 Å². The summed E-state index contributed by atoms with van der Waals surface area (Å²) in [5.41, 5.74) is 3.92. The smallest absolute Gasteiger partial charge is 0.137 e. The van der Waals surface area contributed by atoms with Gasteiger partial charge in [0.15, 0.2) is 0 Å². The Labute approximate surface area is 143 Å². The number of fused-ring (bicyclic) bond motifs is 1. The van der Waals surface area contributed by atoms with Crippen molar-refractivity contribution in [1.29, 1.82) is 0 Å². The van der Waals surface area contributed by atoms with Gasteiger partial charge in [-0.25, -0.2) is 4.98 Å². The molecule has 3 heterocycles. The van der Waals surface area contributed by atoms with Gasteiger partial charge in [0.05, 0.1) is 5.69 Å². The van der Waals surface area contributed by atoms with Crippen LogP contribution in [0, 0.1) is 5.92 Å². The highest BCUT2D eigenvalue weighted by molar-refractivity contribution is 5.25. The third-order valence-corrected chi connectivity index (χ3v) is 5.28. The summed E-state index contributed by atoms with van der Waals surface area (Å²) in [4.78, 5) is 9.31. The fourth-order valence-corrected chi connectivity index (χ4v) is 3.89. The lowest BCUT2D eigenvalue weighted by Gasteiger charge is -2.19. The van der Waals surface area contributed by atoms with Gasteiger partial charge in [-0.3, -0.25) is 4.98 Å². The predicted molar refractivity (Wildman–Crippen MR) is 92.6 cm³/mol. The number of aryl methyl sites for hydroxylation is 3. The highest BCUT2D eigenvalue weighted by atomic mass is 16.5. The van der Waals surface area contributed by atoms with Crippen LogP contribution < -0.4 is 5.32 Å². The molecule has 0 saturated carbocycles. The molecule has 1 aliphatic carbocycles. The maximum absolute atomic E-state index is 5.93. The largest absolute Gasteiger partial charge is 0.370 e. The van der Waals surface area contributed by atoms with E-state index in [9.17, 15) is 0 Å². The van der Waals surface area contributed by atoms with Gasteiger partial charge in [0.1, 0.15) is 11.9 Å². The molecule has 0 radical (unpaired) electrons. The van der Waals surface area contributed by atoms with Crippen LogP contribution in [-0.2, 0) is 31.2 Å². The van der Waals surface area contributed by atoms with E-state index in [0.717, 1.165) is 44.1 Å². The van der Waals surface area contributed by atoms with Crippen LogP contribution in [0.5, 0.6) is 0 Å². The average molecular weight is 326 g/mol. The molecule has 0 unspecified atom stereocenters. The van der Waals surface area contributed by atoms with Gasteiger partial charge in [0, 0.05) is 50.7 Å². The van der Waals surface area contributed by atoms with Gasteiger partial charge < -0.3 is 14.6 Å².